The number of pyridine rings is 1. The predicted octanol–water partition coefficient (Wildman–Crippen LogP) is 1.88. The Hall–Kier alpha value is -1.13. The van der Waals surface area contributed by atoms with Crippen LogP contribution in [0.5, 0.6) is 0 Å². The molecule has 0 spiro atoms. The van der Waals surface area contributed by atoms with Crippen molar-refractivity contribution in [1.29, 1.82) is 0 Å². The summed E-state index contributed by atoms with van der Waals surface area (Å²) in [7, 11) is 0. The second-order valence-corrected chi connectivity index (χ2v) is 4.98. The van der Waals surface area contributed by atoms with Crippen molar-refractivity contribution in [3.63, 3.8) is 0 Å². The van der Waals surface area contributed by atoms with Crippen LogP contribution in [-0.4, -0.2) is 34.4 Å². The van der Waals surface area contributed by atoms with Gasteiger partial charge in [0.1, 0.15) is 5.82 Å². The summed E-state index contributed by atoms with van der Waals surface area (Å²) in [6.07, 6.45) is 5.51. The lowest BCUT2D eigenvalue weighted by Crippen LogP contribution is -2.30. The van der Waals surface area contributed by atoms with Crippen LogP contribution in [0.2, 0.25) is 0 Å². The number of aromatic nitrogens is 1. The monoisotopic (exact) mass is 250 g/mol. The van der Waals surface area contributed by atoms with Gasteiger partial charge in [0.2, 0.25) is 0 Å². The Labute approximate surface area is 108 Å². The number of hydrogen-bond donors (Lipinski definition) is 2. The van der Waals surface area contributed by atoms with E-state index in [0.29, 0.717) is 6.04 Å². The molecule has 0 radical (unpaired) electrons. The van der Waals surface area contributed by atoms with Gasteiger partial charge in [-0.25, -0.2) is 4.98 Å². The summed E-state index contributed by atoms with van der Waals surface area (Å²) in [5.74, 6) is 0.953. The smallest absolute Gasteiger partial charge is 0.129 e. The van der Waals surface area contributed by atoms with Crippen molar-refractivity contribution in [2.24, 2.45) is 0 Å². The first-order valence-electron chi connectivity index (χ1n) is 6.74. The maximum atomic E-state index is 9.62. The average molecular weight is 250 g/mol. The Morgan fingerprint density at radius 2 is 2.39 bits per heavy atom. The number of anilines is 1. The zero-order chi connectivity index (χ0) is 13.0. The second kappa shape index (κ2) is 6.16. The van der Waals surface area contributed by atoms with Crippen LogP contribution >= 0.6 is 0 Å². The Kier molecular flexibility index (Phi) is 4.55. The first kappa shape index (κ1) is 13.3. The minimum atomic E-state index is -0.453. The molecule has 1 fully saturated rings. The molecule has 2 unspecified atom stereocenters. The average Bonchev–Trinajstić information content (AvgIpc) is 2.84. The Morgan fingerprint density at radius 1 is 1.56 bits per heavy atom. The lowest BCUT2D eigenvalue weighted by molar-refractivity contribution is 0.199. The molecule has 4 heteroatoms. The fraction of sp³-hybridized carbons (Fsp3) is 0.643. The molecule has 1 aromatic rings. The third-order valence-electron chi connectivity index (χ3n) is 3.62. The number of hydrogen-bond acceptors (Lipinski definition) is 4. The third kappa shape index (κ3) is 3.00. The van der Waals surface area contributed by atoms with Crippen molar-refractivity contribution in [3.05, 3.63) is 23.9 Å². The summed E-state index contributed by atoms with van der Waals surface area (Å²) in [5, 5.41) is 18.6. The molecule has 0 saturated carbocycles. The van der Waals surface area contributed by atoms with E-state index in [4.69, 9.17) is 5.11 Å². The fourth-order valence-corrected chi connectivity index (χ4v) is 2.62. The molecule has 100 valence electrons. The summed E-state index contributed by atoms with van der Waals surface area (Å²) in [6, 6.07) is 4.31. The van der Waals surface area contributed by atoms with E-state index in [9.17, 15) is 5.11 Å². The van der Waals surface area contributed by atoms with Crippen LogP contribution in [0.15, 0.2) is 18.3 Å². The van der Waals surface area contributed by atoms with Crippen LogP contribution in [-0.2, 0) is 0 Å². The molecule has 2 atom stereocenters. The minimum absolute atomic E-state index is 0.255. The number of aliphatic hydroxyl groups is 2. The van der Waals surface area contributed by atoms with E-state index < -0.39 is 6.10 Å². The first-order chi connectivity index (χ1) is 8.72. The van der Waals surface area contributed by atoms with Gasteiger partial charge in [0.15, 0.2) is 0 Å². The number of rotatable bonds is 5. The molecule has 2 rings (SSSR count). The topological polar surface area (TPSA) is 56.6 Å². The molecule has 2 heterocycles. The van der Waals surface area contributed by atoms with Gasteiger partial charge < -0.3 is 15.1 Å². The normalized spacial score (nSPS) is 21.3. The fourth-order valence-electron chi connectivity index (χ4n) is 2.62. The van der Waals surface area contributed by atoms with Crippen molar-refractivity contribution in [3.8, 4) is 0 Å². The van der Waals surface area contributed by atoms with Gasteiger partial charge in [-0.05, 0) is 50.3 Å². The molecule has 18 heavy (non-hydrogen) atoms. The van der Waals surface area contributed by atoms with Crippen molar-refractivity contribution >= 4 is 5.82 Å². The molecular weight excluding hydrogens is 228 g/mol. The standard InChI is InChI=1S/C14H22N2O2/c1-11(18)12-6-7-15-14(10-12)16-8-2-4-13(16)5-3-9-17/h6-7,10-11,13,17-18H,2-5,8-9H2,1H3. The van der Waals surface area contributed by atoms with Crippen molar-refractivity contribution in [2.45, 2.75) is 44.8 Å². The quantitative estimate of drug-likeness (QED) is 0.837. The lowest BCUT2D eigenvalue weighted by atomic mass is 10.1. The summed E-state index contributed by atoms with van der Waals surface area (Å²) >= 11 is 0. The van der Waals surface area contributed by atoms with Gasteiger partial charge in [-0.15, -0.1) is 0 Å². The van der Waals surface area contributed by atoms with Crippen LogP contribution in [0.1, 0.15) is 44.3 Å². The third-order valence-corrected chi connectivity index (χ3v) is 3.62. The van der Waals surface area contributed by atoms with E-state index in [1.165, 1.54) is 12.8 Å². The molecule has 2 N–H and O–H groups in total. The Morgan fingerprint density at radius 3 is 3.11 bits per heavy atom. The highest BCUT2D eigenvalue weighted by molar-refractivity contribution is 5.43. The molecule has 0 bridgehead atoms. The van der Waals surface area contributed by atoms with Crippen molar-refractivity contribution < 1.29 is 10.2 Å². The van der Waals surface area contributed by atoms with Crippen molar-refractivity contribution in [2.75, 3.05) is 18.1 Å². The van der Waals surface area contributed by atoms with E-state index in [2.05, 4.69) is 9.88 Å². The maximum absolute atomic E-state index is 9.62. The maximum Gasteiger partial charge on any atom is 0.129 e. The number of nitrogens with zero attached hydrogens (tertiary/aromatic N) is 2. The minimum Gasteiger partial charge on any atom is -0.396 e. The van der Waals surface area contributed by atoms with Crippen LogP contribution in [0.4, 0.5) is 5.82 Å². The van der Waals surface area contributed by atoms with Gasteiger partial charge in [-0.1, -0.05) is 0 Å². The summed E-state index contributed by atoms with van der Waals surface area (Å²) in [4.78, 5) is 6.72. The lowest BCUT2D eigenvalue weighted by Gasteiger charge is -2.26. The van der Waals surface area contributed by atoms with Gasteiger partial charge in [0, 0.05) is 25.4 Å². The number of aliphatic hydroxyl groups excluding tert-OH is 2. The van der Waals surface area contributed by atoms with Gasteiger partial charge in [0.05, 0.1) is 6.10 Å². The predicted molar refractivity (Wildman–Crippen MR) is 71.6 cm³/mol. The molecule has 1 saturated heterocycles. The highest BCUT2D eigenvalue weighted by Crippen LogP contribution is 2.28. The molecule has 1 aromatic heterocycles. The van der Waals surface area contributed by atoms with E-state index in [1.54, 1.807) is 13.1 Å². The summed E-state index contributed by atoms with van der Waals surface area (Å²) in [6.45, 7) is 3.05. The highest BCUT2D eigenvalue weighted by atomic mass is 16.3. The van der Waals surface area contributed by atoms with E-state index >= 15 is 0 Å². The van der Waals surface area contributed by atoms with Gasteiger partial charge in [-0.3, -0.25) is 0 Å². The summed E-state index contributed by atoms with van der Waals surface area (Å²) in [5.41, 5.74) is 0.910. The molecule has 0 aromatic carbocycles. The van der Waals surface area contributed by atoms with E-state index in [1.807, 2.05) is 12.1 Å². The molecule has 0 amide bonds. The highest BCUT2D eigenvalue weighted by Gasteiger charge is 2.25. The zero-order valence-corrected chi connectivity index (χ0v) is 10.9. The zero-order valence-electron chi connectivity index (χ0n) is 10.9. The van der Waals surface area contributed by atoms with Crippen LogP contribution < -0.4 is 4.90 Å². The van der Waals surface area contributed by atoms with Crippen LogP contribution in [0, 0.1) is 0 Å². The molecule has 1 aliphatic heterocycles. The van der Waals surface area contributed by atoms with Gasteiger partial charge in [-0.2, -0.15) is 0 Å². The molecule has 0 aliphatic carbocycles. The molecular formula is C14H22N2O2. The molecule has 1 aliphatic rings. The van der Waals surface area contributed by atoms with E-state index in [-0.39, 0.29) is 6.61 Å². The van der Waals surface area contributed by atoms with Crippen molar-refractivity contribution in [1.82, 2.24) is 4.98 Å². The van der Waals surface area contributed by atoms with E-state index in [0.717, 1.165) is 30.8 Å². The largest absolute Gasteiger partial charge is 0.396 e. The second-order valence-electron chi connectivity index (χ2n) is 4.98. The van der Waals surface area contributed by atoms with Gasteiger partial charge in [0.25, 0.3) is 0 Å². The van der Waals surface area contributed by atoms with Crippen LogP contribution in [0.25, 0.3) is 0 Å². The van der Waals surface area contributed by atoms with Crippen LogP contribution in [0.3, 0.4) is 0 Å². The van der Waals surface area contributed by atoms with Gasteiger partial charge >= 0.3 is 0 Å². The Balaban J connectivity index is 2.11. The first-order valence-corrected chi connectivity index (χ1v) is 6.74. The Bertz CT molecular complexity index is 382. The summed E-state index contributed by atoms with van der Waals surface area (Å²) < 4.78 is 0. The molecule has 4 nitrogen and oxygen atoms in total. The SMILES string of the molecule is CC(O)c1ccnc(N2CCCC2CCCO)c1.